The highest BCUT2D eigenvalue weighted by molar-refractivity contribution is 5.82. The summed E-state index contributed by atoms with van der Waals surface area (Å²) in [6.07, 6.45) is 10.3. The van der Waals surface area contributed by atoms with Crippen molar-refractivity contribution in [3.05, 3.63) is 0 Å². The topological polar surface area (TPSA) is 65.6 Å². The van der Waals surface area contributed by atoms with Crippen molar-refractivity contribution in [2.45, 2.75) is 69.6 Å². The fourth-order valence-corrected chi connectivity index (χ4v) is 4.24. The van der Waals surface area contributed by atoms with Crippen molar-refractivity contribution in [3.63, 3.8) is 0 Å². The SMILES string of the molecule is O=C(NC1CNN(CC2CC2)C1)C1CC(C2CCCCC2)ON1. The molecule has 4 rings (SSSR count). The second-order valence-corrected chi connectivity index (χ2v) is 7.88. The molecule has 3 N–H and O–H groups in total. The van der Waals surface area contributed by atoms with Gasteiger partial charge in [0, 0.05) is 26.1 Å². The maximum Gasteiger partial charge on any atom is 0.239 e. The monoisotopic (exact) mass is 322 g/mol. The van der Waals surface area contributed by atoms with E-state index >= 15 is 0 Å². The van der Waals surface area contributed by atoms with E-state index in [2.05, 4.69) is 21.2 Å². The van der Waals surface area contributed by atoms with E-state index in [0.29, 0.717) is 5.92 Å². The first-order valence-corrected chi connectivity index (χ1v) is 9.48. The van der Waals surface area contributed by atoms with Gasteiger partial charge in [0.15, 0.2) is 0 Å². The number of amides is 1. The fourth-order valence-electron chi connectivity index (χ4n) is 4.24. The van der Waals surface area contributed by atoms with Crippen molar-refractivity contribution in [3.8, 4) is 0 Å². The molecule has 4 fully saturated rings. The Morgan fingerprint density at radius 1 is 1.17 bits per heavy atom. The van der Waals surface area contributed by atoms with E-state index in [-0.39, 0.29) is 24.1 Å². The first kappa shape index (κ1) is 15.8. The molecule has 0 aromatic heterocycles. The minimum Gasteiger partial charge on any atom is -0.349 e. The maximum absolute atomic E-state index is 12.5. The fraction of sp³-hybridized carbons (Fsp3) is 0.941. The molecule has 6 heteroatoms. The summed E-state index contributed by atoms with van der Waals surface area (Å²) in [6.45, 7) is 2.89. The van der Waals surface area contributed by atoms with Gasteiger partial charge in [0.25, 0.3) is 0 Å². The van der Waals surface area contributed by atoms with Crippen molar-refractivity contribution in [1.82, 2.24) is 21.2 Å². The standard InChI is InChI=1S/C17H30N4O2/c22-17(19-14-9-18-21(11-14)10-12-6-7-12)15-8-16(23-20-15)13-4-2-1-3-5-13/h12-16,18,20H,1-11H2,(H,19,22). The van der Waals surface area contributed by atoms with E-state index in [1.807, 2.05) is 0 Å². The minimum atomic E-state index is -0.181. The van der Waals surface area contributed by atoms with Gasteiger partial charge in [-0.05, 0) is 37.5 Å². The molecule has 3 unspecified atom stereocenters. The van der Waals surface area contributed by atoms with Gasteiger partial charge >= 0.3 is 0 Å². The molecule has 130 valence electrons. The Balaban J connectivity index is 1.20. The zero-order valence-corrected chi connectivity index (χ0v) is 13.9. The molecule has 0 spiro atoms. The zero-order chi connectivity index (χ0) is 15.6. The highest BCUT2D eigenvalue weighted by atomic mass is 16.7. The molecule has 1 amide bonds. The van der Waals surface area contributed by atoms with E-state index < -0.39 is 0 Å². The Morgan fingerprint density at radius 3 is 2.78 bits per heavy atom. The third-order valence-corrected chi connectivity index (χ3v) is 5.85. The maximum atomic E-state index is 12.5. The summed E-state index contributed by atoms with van der Waals surface area (Å²) in [5.74, 6) is 1.61. The van der Waals surface area contributed by atoms with Crippen LogP contribution in [0.2, 0.25) is 0 Å². The largest absolute Gasteiger partial charge is 0.349 e. The third-order valence-electron chi connectivity index (χ3n) is 5.85. The molecular formula is C17H30N4O2. The van der Waals surface area contributed by atoms with Crippen molar-refractivity contribution in [1.29, 1.82) is 0 Å². The Kier molecular flexibility index (Phi) is 4.85. The predicted octanol–water partition coefficient (Wildman–Crippen LogP) is 0.944. The van der Waals surface area contributed by atoms with Crippen LogP contribution in [0.4, 0.5) is 0 Å². The second-order valence-electron chi connectivity index (χ2n) is 7.88. The van der Waals surface area contributed by atoms with Crippen molar-refractivity contribution in [2.75, 3.05) is 19.6 Å². The molecule has 3 atom stereocenters. The van der Waals surface area contributed by atoms with E-state index in [0.717, 1.165) is 32.0 Å². The molecule has 2 heterocycles. The number of rotatable bonds is 5. The summed E-state index contributed by atoms with van der Waals surface area (Å²) in [7, 11) is 0. The first-order chi connectivity index (χ1) is 11.3. The lowest BCUT2D eigenvalue weighted by atomic mass is 9.83. The summed E-state index contributed by atoms with van der Waals surface area (Å²) < 4.78 is 0. The number of nitrogens with one attached hydrogen (secondary N) is 3. The number of carbonyl (C=O) groups is 1. The van der Waals surface area contributed by atoms with Gasteiger partial charge < -0.3 is 5.32 Å². The molecule has 2 saturated carbocycles. The third kappa shape index (κ3) is 4.05. The Morgan fingerprint density at radius 2 is 2.00 bits per heavy atom. The van der Waals surface area contributed by atoms with E-state index in [4.69, 9.17) is 4.84 Å². The molecule has 4 aliphatic rings. The average molecular weight is 322 g/mol. The van der Waals surface area contributed by atoms with Gasteiger partial charge in [-0.15, -0.1) is 0 Å². The van der Waals surface area contributed by atoms with Gasteiger partial charge in [0.1, 0.15) is 6.04 Å². The summed E-state index contributed by atoms with van der Waals surface area (Å²) >= 11 is 0. The normalized spacial score (nSPS) is 36.4. The predicted molar refractivity (Wildman–Crippen MR) is 87.2 cm³/mol. The molecule has 2 aliphatic heterocycles. The van der Waals surface area contributed by atoms with Gasteiger partial charge in [0.05, 0.1) is 12.1 Å². The lowest BCUT2D eigenvalue weighted by Crippen LogP contribution is -2.47. The molecule has 6 nitrogen and oxygen atoms in total. The molecule has 0 bridgehead atoms. The van der Waals surface area contributed by atoms with Crippen LogP contribution in [-0.4, -0.2) is 48.7 Å². The molecule has 0 radical (unpaired) electrons. The highest BCUT2D eigenvalue weighted by Gasteiger charge is 2.37. The van der Waals surface area contributed by atoms with Crippen LogP contribution in [0.5, 0.6) is 0 Å². The van der Waals surface area contributed by atoms with Crippen LogP contribution >= 0.6 is 0 Å². The number of hydrazine groups is 1. The average Bonchev–Trinajstić information content (AvgIpc) is 3.07. The van der Waals surface area contributed by atoms with Crippen LogP contribution in [-0.2, 0) is 9.63 Å². The van der Waals surface area contributed by atoms with Crippen LogP contribution in [0.15, 0.2) is 0 Å². The number of hydrogen-bond acceptors (Lipinski definition) is 5. The summed E-state index contributed by atoms with van der Waals surface area (Å²) in [6, 6.07) is 0.0381. The van der Waals surface area contributed by atoms with Crippen molar-refractivity contribution in [2.24, 2.45) is 11.8 Å². The quantitative estimate of drug-likeness (QED) is 0.703. The van der Waals surface area contributed by atoms with Gasteiger partial charge in [-0.25, -0.2) is 5.01 Å². The van der Waals surface area contributed by atoms with Crippen LogP contribution in [0, 0.1) is 11.8 Å². The van der Waals surface area contributed by atoms with E-state index in [9.17, 15) is 4.79 Å². The van der Waals surface area contributed by atoms with Crippen molar-refractivity contribution < 1.29 is 9.63 Å². The molecular weight excluding hydrogens is 292 g/mol. The van der Waals surface area contributed by atoms with Crippen LogP contribution < -0.4 is 16.2 Å². The Labute approximate surface area is 138 Å². The van der Waals surface area contributed by atoms with Crippen LogP contribution in [0.1, 0.15) is 51.4 Å². The van der Waals surface area contributed by atoms with Crippen LogP contribution in [0.25, 0.3) is 0 Å². The zero-order valence-electron chi connectivity index (χ0n) is 13.9. The minimum absolute atomic E-state index is 0.100. The number of nitrogens with zero attached hydrogens (tertiary/aromatic N) is 1. The smallest absolute Gasteiger partial charge is 0.239 e. The summed E-state index contributed by atoms with van der Waals surface area (Å²) in [4.78, 5) is 18.2. The van der Waals surface area contributed by atoms with Gasteiger partial charge in [0.2, 0.25) is 5.91 Å². The number of hydrogen-bond donors (Lipinski definition) is 3. The molecule has 23 heavy (non-hydrogen) atoms. The summed E-state index contributed by atoms with van der Waals surface area (Å²) in [5.41, 5.74) is 6.39. The molecule has 0 aromatic carbocycles. The lowest BCUT2D eigenvalue weighted by Gasteiger charge is -2.25. The van der Waals surface area contributed by atoms with Gasteiger partial charge in [-0.1, -0.05) is 19.3 Å². The number of carbonyl (C=O) groups excluding carboxylic acids is 1. The first-order valence-electron chi connectivity index (χ1n) is 9.48. The second kappa shape index (κ2) is 7.05. The molecule has 2 saturated heterocycles. The molecule has 2 aliphatic carbocycles. The van der Waals surface area contributed by atoms with Gasteiger partial charge in [-0.2, -0.15) is 5.48 Å². The van der Waals surface area contributed by atoms with Gasteiger partial charge in [-0.3, -0.25) is 15.1 Å². The Bertz CT molecular complexity index is 423. The van der Waals surface area contributed by atoms with Crippen molar-refractivity contribution >= 4 is 5.91 Å². The van der Waals surface area contributed by atoms with E-state index in [1.54, 1.807) is 0 Å². The van der Waals surface area contributed by atoms with E-state index in [1.165, 1.54) is 44.9 Å². The summed E-state index contributed by atoms with van der Waals surface area (Å²) in [5, 5.41) is 5.45. The Hall–Kier alpha value is -0.690. The number of hydroxylamine groups is 1. The molecule has 0 aromatic rings. The highest BCUT2D eigenvalue weighted by Crippen LogP contribution is 2.32. The lowest BCUT2D eigenvalue weighted by molar-refractivity contribution is -0.125. The van der Waals surface area contributed by atoms with Crippen LogP contribution in [0.3, 0.4) is 0 Å².